The number of rotatable bonds is 8. The van der Waals surface area contributed by atoms with Gasteiger partial charge in [0, 0.05) is 62.4 Å². The number of nitrogens with two attached hydrogens (primary N) is 1. The van der Waals surface area contributed by atoms with Crippen LogP contribution in [0.4, 0.5) is 0 Å². The molecule has 72 heavy (non-hydrogen) atoms. The number of hydrogen-bond acceptors (Lipinski definition) is 17. The number of cyclic esters (lactones) is 1. The van der Waals surface area contributed by atoms with Gasteiger partial charge >= 0.3 is 5.97 Å². The van der Waals surface area contributed by atoms with Crippen molar-refractivity contribution < 1.29 is 74.5 Å². The Kier molecular flexibility index (Phi) is 27.4. The number of carbonyl (C=O) groups is 2. The molecule has 0 amide bonds. The number of ether oxygens (including phenoxy) is 4. The summed E-state index contributed by atoms with van der Waals surface area (Å²) in [7, 11) is 0. The number of carbonyl (C=O) groups excluding carboxylic acids is 2. The number of Topliss-reactive ketones (excluding diaryl/α,β-unsaturated/α-hetero) is 1. The Balaban J connectivity index is 1.53. The number of aromatic nitrogens is 1. The van der Waals surface area contributed by atoms with Crippen LogP contribution in [0.2, 0.25) is 0 Å². The SMILES string of the molecule is CC1C=CC=CCCC=CC=CC=CC=CC(OC2CC(N)C(O)C(O)O2)CC2OC(CC(O)CC(O)C(O)CCC(O)CC(O)CC(=O)OC(C)C(C)C1O)CC(O)C2C(=O)CCCCc1cccnc1. The average Bonchev–Trinajstić information content (AvgIpc) is 3.32. The molecule has 4 heterocycles. The first-order valence-corrected chi connectivity index (χ1v) is 25.9. The molecule has 1 aromatic heterocycles. The van der Waals surface area contributed by atoms with E-state index < -0.39 is 116 Å². The van der Waals surface area contributed by atoms with Crippen molar-refractivity contribution in [2.24, 2.45) is 23.5 Å². The van der Waals surface area contributed by atoms with Gasteiger partial charge in [-0.3, -0.25) is 14.6 Å². The van der Waals surface area contributed by atoms with Gasteiger partial charge in [-0.2, -0.15) is 0 Å². The Morgan fingerprint density at radius 2 is 1.42 bits per heavy atom. The predicted octanol–water partition coefficient (Wildman–Crippen LogP) is 3.87. The van der Waals surface area contributed by atoms with Crippen LogP contribution in [0.25, 0.3) is 0 Å². The third kappa shape index (κ3) is 22.0. The van der Waals surface area contributed by atoms with Gasteiger partial charge in [-0.25, -0.2) is 0 Å². The molecule has 17 nitrogen and oxygen atoms in total. The van der Waals surface area contributed by atoms with E-state index >= 15 is 0 Å². The third-order valence-corrected chi connectivity index (χ3v) is 13.7. The molecule has 404 valence electrons. The Morgan fingerprint density at radius 1 is 0.722 bits per heavy atom. The summed E-state index contributed by atoms with van der Waals surface area (Å²) in [5.41, 5.74) is 7.15. The highest BCUT2D eigenvalue weighted by atomic mass is 16.7. The molecule has 4 rings (SSSR count). The summed E-state index contributed by atoms with van der Waals surface area (Å²) in [6, 6.07) is 2.98. The van der Waals surface area contributed by atoms with Crippen molar-refractivity contribution in [2.75, 3.05) is 0 Å². The van der Waals surface area contributed by atoms with Crippen LogP contribution in [0, 0.1) is 17.8 Å². The van der Waals surface area contributed by atoms with E-state index in [4.69, 9.17) is 24.7 Å². The molecule has 18 unspecified atom stereocenters. The van der Waals surface area contributed by atoms with E-state index in [2.05, 4.69) is 4.98 Å². The molecule has 17 heteroatoms. The Morgan fingerprint density at radius 3 is 2.12 bits per heavy atom. The monoisotopic (exact) mass is 1010 g/mol. The number of nitrogens with zero attached hydrogens (tertiary/aromatic N) is 1. The van der Waals surface area contributed by atoms with Gasteiger partial charge in [0.2, 0.25) is 0 Å². The van der Waals surface area contributed by atoms with Crippen LogP contribution >= 0.6 is 0 Å². The van der Waals surface area contributed by atoms with Crippen molar-refractivity contribution in [1.82, 2.24) is 4.98 Å². The van der Waals surface area contributed by atoms with Crippen LogP contribution in [0.1, 0.15) is 116 Å². The topological polar surface area (TPSA) is 292 Å². The molecular weight excluding hydrogens is 929 g/mol. The lowest BCUT2D eigenvalue weighted by atomic mass is 9.80. The van der Waals surface area contributed by atoms with Gasteiger partial charge in [0.05, 0.1) is 73.4 Å². The average molecular weight is 1010 g/mol. The minimum absolute atomic E-state index is 0.00303. The van der Waals surface area contributed by atoms with Gasteiger partial charge in [-0.05, 0) is 76.3 Å². The number of ketones is 1. The molecule has 1 aromatic rings. The first-order chi connectivity index (χ1) is 34.4. The smallest absolute Gasteiger partial charge is 0.308 e. The summed E-state index contributed by atoms with van der Waals surface area (Å²) in [4.78, 5) is 30.9. The lowest BCUT2D eigenvalue weighted by Crippen LogP contribution is -2.54. The fourth-order valence-electron chi connectivity index (χ4n) is 9.28. The maximum atomic E-state index is 14.0. The lowest BCUT2D eigenvalue weighted by Gasteiger charge is -2.42. The fraction of sp³-hybridized carbons (Fsp3) is 0.655. The summed E-state index contributed by atoms with van der Waals surface area (Å²) in [6.07, 6.45) is 13.2. The van der Waals surface area contributed by atoms with E-state index in [1.165, 1.54) is 0 Å². The largest absolute Gasteiger partial charge is 0.462 e. The summed E-state index contributed by atoms with van der Waals surface area (Å²) < 4.78 is 24.0. The van der Waals surface area contributed by atoms with Crippen LogP contribution in [0.3, 0.4) is 0 Å². The molecule has 0 spiro atoms. The van der Waals surface area contributed by atoms with Crippen LogP contribution in [-0.2, 0) is 35.0 Å². The Hall–Kier alpha value is -3.79. The van der Waals surface area contributed by atoms with E-state index in [1.807, 2.05) is 73.7 Å². The summed E-state index contributed by atoms with van der Waals surface area (Å²) in [6.45, 7) is 5.32. The highest BCUT2D eigenvalue weighted by molar-refractivity contribution is 5.82. The number of aliphatic hydroxyl groups excluding tert-OH is 9. The van der Waals surface area contributed by atoms with Crippen molar-refractivity contribution in [3.8, 4) is 0 Å². The van der Waals surface area contributed by atoms with Crippen molar-refractivity contribution in [1.29, 1.82) is 0 Å². The minimum Gasteiger partial charge on any atom is -0.462 e. The van der Waals surface area contributed by atoms with E-state index in [1.54, 1.807) is 44.5 Å². The number of aryl methyl sites for hydroxylation is 1. The van der Waals surface area contributed by atoms with Gasteiger partial charge in [0.25, 0.3) is 0 Å². The van der Waals surface area contributed by atoms with Crippen molar-refractivity contribution in [3.63, 3.8) is 0 Å². The molecule has 3 aliphatic rings. The molecule has 2 bridgehead atoms. The second-order valence-electron chi connectivity index (χ2n) is 19.9. The highest BCUT2D eigenvalue weighted by Gasteiger charge is 2.44. The second-order valence-corrected chi connectivity index (χ2v) is 19.9. The number of fused-ring (bicyclic) bond motifs is 2. The number of aliphatic hydroxyl groups is 9. The van der Waals surface area contributed by atoms with Gasteiger partial charge in [0.1, 0.15) is 18.0 Å². The zero-order chi connectivity index (χ0) is 52.6. The van der Waals surface area contributed by atoms with Gasteiger partial charge in [0.15, 0.2) is 12.6 Å². The van der Waals surface area contributed by atoms with Crippen LogP contribution < -0.4 is 5.73 Å². The van der Waals surface area contributed by atoms with Gasteiger partial charge in [-0.15, -0.1) is 0 Å². The Bertz CT molecular complexity index is 1880. The quantitative estimate of drug-likeness (QED) is 0.131. The maximum Gasteiger partial charge on any atom is 0.308 e. The van der Waals surface area contributed by atoms with Crippen molar-refractivity contribution in [2.45, 2.75) is 209 Å². The van der Waals surface area contributed by atoms with E-state index in [-0.39, 0.29) is 69.5 Å². The van der Waals surface area contributed by atoms with Gasteiger partial charge in [-0.1, -0.05) is 92.8 Å². The number of allylic oxidation sites excluding steroid dienone is 10. The summed E-state index contributed by atoms with van der Waals surface area (Å²) in [5, 5.41) is 97.5. The predicted molar refractivity (Wildman–Crippen MR) is 270 cm³/mol. The molecular formula is C55H84N2O15. The summed E-state index contributed by atoms with van der Waals surface area (Å²) in [5.74, 6) is -2.51. The molecule has 2 saturated heterocycles. The molecule has 2 fully saturated rings. The fourth-order valence-corrected chi connectivity index (χ4v) is 9.28. The van der Waals surface area contributed by atoms with Crippen LogP contribution in [-0.4, -0.2) is 155 Å². The molecule has 11 N–H and O–H groups in total. The van der Waals surface area contributed by atoms with Gasteiger partial charge < -0.3 is 70.6 Å². The standard InChI is InChI=1S/C55H84N2O15/c1-35-19-14-12-10-8-6-4-5-7-9-11-13-15-22-42(71-51-33-44(56)54(67)55(68)72-51)32-49-52(46(62)23-17-16-20-38-21-18-26-57-34-38)48(64)31-43(70-49)28-41(60)29-47(63)45(61)25-24-39(58)27-40(59)30-50(65)69-37(3)36(2)53(35)66/h4-5,7,9-15,18-19,21-22,26,34-37,39-45,47-49,51-55,58-61,63-64,66-68H,6,8,16-17,20,23-25,27-33,56H2,1-3H3. The Labute approximate surface area is 425 Å². The van der Waals surface area contributed by atoms with Crippen molar-refractivity contribution in [3.05, 3.63) is 103 Å². The normalized spacial score (nSPS) is 37.2. The molecule has 3 aliphatic heterocycles. The van der Waals surface area contributed by atoms with Crippen LogP contribution in [0.5, 0.6) is 0 Å². The summed E-state index contributed by atoms with van der Waals surface area (Å²) >= 11 is 0. The first-order valence-electron chi connectivity index (χ1n) is 25.9. The lowest BCUT2D eigenvalue weighted by molar-refractivity contribution is -0.295. The van der Waals surface area contributed by atoms with Crippen LogP contribution in [0.15, 0.2) is 97.4 Å². The molecule has 0 saturated carbocycles. The molecule has 0 aliphatic carbocycles. The number of esters is 1. The number of pyridine rings is 1. The first kappa shape index (κ1) is 60.8. The van der Waals surface area contributed by atoms with E-state index in [0.717, 1.165) is 24.8 Å². The molecule has 0 aromatic carbocycles. The van der Waals surface area contributed by atoms with Crippen molar-refractivity contribution >= 4 is 11.8 Å². The zero-order valence-corrected chi connectivity index (χ0v) is 42.2. The third-order valence-electron chi connectivity index (χ3n) is 13.7. The second kappa shape index (κ2) is 32.5. The van der Waals surface area contributed by atoms with E-state index in [9.17, 15) is 55.5 Å². The minimum atomic E-state index is -1.60. The molecule has 18 atom stereocenters. The molecule has 0 radical (unpaired) electrons. The number of hydrogen-bond donors (Lipinski definition) is 10. The number of unbranched alkanes of at least 4 members (excludes halogenated alkanes) is 1. The zero-order valence-electron chi connectivity index (χ0n) is 42.2. The highest BCUT2D eigenvalue weighted by Crippen LogP contribution is 2.35. The van der Waals surface area contributed by atoms with E-state index in [0.29, 0.717) is 12.8 Å². The maximum absolute atomic E-state index is 14.0.